The maximum absolute atomic E-state index is 11.2. The number of esters is 1. The number of nitrogens with two attached hydrogens (primary N) is 1. The number of pyridine rings is 1. The molecule has 1 atom stereocenters. The molecule has 0 spiro atoms. The van der Waals surface area contributed by atoms with Crippen molar-refractivity contribution in [3.8, 4) is 0 Å². The molecule has 1 unspecified atom stereocenters. The molecule has 14 heavy (non-hydrogen) atoms. The lowest BCUT2D eigenvalue weighted by molar-refractivity contribution is -0.142. The van der Waals surface area contributed by atoms with Gasteiger partial charge in [-0.05, 0) is 25.5 Å². The highest BCUT2D eigenvalue weighted by molar-refractivity contribution is 5.78. The maximum Gasteiger partial charge on any atom is 0.314 e. The largest absolute Gasteiger partial charge is 0.469 e. The van der Waals surface area contributed by atoms with Gasteiger partial charge in [0.2, 0.25) is 0 Å². The first-order chi connectivity index (χ1) is 6.56. The lowest BCUT2D eigenvalue weighted by Gasteiger charge is -2.11. The Bertz CT molecular complexity index is 350. The topological polar surface area (TPSA) is 65.2 Å². The van der Waals surface area contributed by atoms with Gasteiger partial charge in [-0.15, -0.1) is 0 Å². The van der Waals surface area contributed by atoms with Crippen LogP contribution in [-0.2, 0) is 9.53 Å². The highest BCUT2D eigenvalue weighted by atomic mass is 16.5. The Labute approximate surface area is 83.1 Å². The SMILES string of the molecule is COC(=O)C(C)c1ncc(C)cc1N. The van der Waals surface area contributed by atoms with Crippen LogP contribution in [0.2, 0.25) is 0 Å². The minimum Gasteiger partial charge on any atom is -0.469 e. The predicted octanol–water partition coefficient (Wildman–Crippen LogP) is 1.25. The van der Waals surface area contributed by atoms with Crippen molar-refractivity contribution in [1.29, 1.82) is 0 Å². The summed E-state index contributed by atoms with van der Waals surface area (Å²) in [6, 6.07) is 1.79. The van der Waals surface area contributed by atoms with Gasteiger partial charge in [0.25, 0.3) is 0 Å². The van der Waals surface area contributed by atoms with Gasteiger partial charge in [-0.25, -0.2) is 0 Å². The van der Waals surface area contributed by atoms with Gasteiger partial charge >= 0.3 is 5.97 Å². The van der Waals surface area contributed by atoms with Crippen LogP contribution in [0.3, 0.4) is 0 Å². The van der Waals surface area contributed by atoms with Gasteiger partial charge in [0.1, 0.15) is 0 Å². The van der Waals surface area contributed by atoms with Crippen molar-refractivity contribution in [3.63, 3.8) is 0 Å². The van der Waals surface area contributed by atoms with E-state index in [0.717, 1.165) is 5.56 Å². The third kappa shape index (κ3) is 2.02. The maximum atomic E-state index is 11.2. The number of aromatic nitrogens is 1. The summed E-state index contributed by atoms with van der Waals surface area (Å²) >= 11 is 0. The van der Waals surface area contributed by atoms with Crippen LogP contribution in [0, 0.1) is 6.92 Å². The summed E-state index contributed by atoms with van der Waals surface area (Å²) in [4.78, 5) is 15.4. The summed E-state index contributed by atoms with van der Waals surface area (Å²) in [6.45, 7) is 3.62. The van der Waals surface area contributed by atoms with Gasteiger partial charge in [-0.1, -0.05) is 0 Å². The van der Waals surface area contributed by atoms with Crippen molar-refractivity contribution in [2.24, 2.45) is 0 Å². The van der Waals surface area contributed by atoms with Crippen molar-refractivity contribution >= 4 is 11.7 Å². The zero-order valence-electron chi connectivity index (χ0n) is 8.57. The van der Waals surface area contributed by atoms with E-state index < -0.39 is 5.92 Å². The minimum atomic E-state index is -0.416. The van der Waals surface area contributed by atoms with E-state index >= 15 is 0 Å². The van der Waals surface area contributed by atoms with E-state index in [2.05, 4.69) is 9.72 Å². The number of aryl methyl sites for hydroxylation is 1. The van der Waals surface area contributed by atoms with Crippen molar-refractivity contribution in [2.45, 2.75) is 19.8 Å². The second kappa shape index (κ2) is 4.09. The Kier molecular flexibility index (Phi) is 3.06. The Morgan fingerprint density at radius 2 is 2.29 bits per heavy atom. The van der Waals surface area contributed by atoms with Gasteiger partial charge in [0.15, 0.2) is 0 Å². The molecular weight excluding hydrogens is 180 g/mol. The average molecular weight is 194 g/mol. The standard InChI is InChI=1S/C10H14N2O2/c1-6-4-8(11)9(12-5-6)7(2)10(13)14-3/h4-5,7H,11H2,1-3H3. The molecule has 1 aromatic rings. The molecule has 4 nitrogen and oxygen atoms in total. The van der Waals surface area contributed by atoms with E-state index in [9.17, 15) is 4.79 Å². The molecular formula is C10H14N2O2. The number of hydrogen-bond acceptors (Lipinski definition) is 4. The summed E-state index contributed by atoms with van der Waals surface area (Å²) in [6.07, 6.45) is 1.69. The second-order valence-electron chi connectivity index (χ2n) is 3.23. The van der Waals surface area contributed by atoms with Crippen LogP contribution in [0.25, 0.3) is 0 Å². The van der Waals surface area contributed by atoms with E-state index in [1.165, 1.54) is 7.11 Å². The molecule has 76 valence electrons. The lowest BCUT2D eigenvalue weighted by atomic mass is 10.1. The van der Waals surface area contributed by atoms with Crippen molar-refractivity contribution in [1.82, 2.24) is 4.98 Å². The fourth-order valence-electron chi connectivity index (χ4n) is 1.25. The number of methoxy groups -OCH3 is 1. The monoisotopic (exact) mass is 194 g/mol. The first-order valence-corrected chi connectivity index (χ1v) is 4.36. The average Bonchev–Trinajstić information content (AvgIpc) is 2.15. The normalized spacial score (nSPS) is 12.2. The van der Waals surface area contributed by atoms with Crippen molar-refractivity contribution in [2.75, 3.05) is 12.8 Å². The van der Waals surface area contributed by atoms with E-state index in [-0.39, 0.29) is 5.97 Å². The third-order valence-corrected chi connectivity index (χ3v) is 2.05. The van der Waals surface area contributed by atoms with Crippen molar-refractivity contribution in [3.05, 3.63) is 23.5 Å². The van der Waals surface area contributed by atoms with Crippen LogP contribution in [0.4, 0.5) is 5.69 Å². The number of carbonyl (C=O) groups is 1. The molecule has 1 aromatic heterocycles. The predicted molar refractivity (Wildman–Crippen MR) is 53.8 cm³/mol. The van der Waals surface area contributed by atoms with Crippen molar-refractivity contribution < 1.29 is 9.53 Å². The van der Waals surface area contributed by atoms with E-state index in [1.807, 2.05) is 6.92 Å². The molecule has 0 aromatic carbocycles. The van der Waals surface area contributed by atoms with Crippen LogP contribution in [0.1, 0.15) is 24.1 Å². The molecule has 0 bridgehead atoms. The molecule has 0 amide bonds. The second-order valence-corrected chi connectivity index (χ2v) is 3.23. The van der Waals surface area contributed by atoms with E-state index in [0.29, 0.717) is 11.4 Å². The molecule has 2 N–H and O–H groups in total. The molecule has 0 saturated heterocycles. The van der Waals surface area contributed by atoms with Crippen LogP contribution < -0.4 is 5.73 Å². The highest BCUT2D eigenvalue weighted by Gasteiger charge is 2.19. The molecule has 0 radical (unpaired) electrons. The Morgan fingerprint density at radius 3 is 2.79 bits per heavy atom. The van der Waals surface area contributed by atoms with Crippen LogP contribution in [-0.4, -0.2) is 18.1 Å². The van der Waals surface area contributed by atoms with Gasteiger partial charge in [0.05, 0.1) is 24.4 Å². The van der Waals surface area contributed by atoms with Crippen LogP contribution in [0.5, 0.6) is 0 Å². The number of anilines is 1. The number of hydrogen-bond donors (Lipinski definition) is 1. The van der Waals surface area contributed by atoms with E-state index in [4.69, 9.17) is 5.73 Å². The van der Waals surface area contributed by atoms with Gasteiger partial charge < -0.3 is 10.5 Å². The molecule has 0 aliphatic carbocycles. The summed E-state index contributed by atoms with van der Waals surface area (Å²) in [5, 5.41) is 0. The quantitative estimate of drug-likeness (QED) is 0.719. The molecule has 0 aliphatic rings. The Balaban J connectivity index is 3.01. The fraction of sp³-hybridized carbons (Fsp3) is 0.400. The number of ether oxygens (including phenoxy) is 1. The molecule has 4 heteroatoms. The lowest BCUT2D eigenvalue weighted by Crippen LogP contribution is -2.14. The van der Waals surface area contributed by atoms with Crippen LogP contribution in [0.15, 0.2) is 12.3 Å². The summed E-state index contributed by atoms with van der Waals surface area (Å²) in [5.74, 6) is -0.742. The molecule has 1 rings (SSSR count). The summed E-state index contributed by atoms with van der Waals surface area (Å²) in [7, 11) is 1.35. The molecule has 0 aliphatic heterocycles. The molecule has 0 saturated carbocycles. The number of nitrogen functional groups attached to an aromatic ring is 1. The first kappa shape index (κ1) is 10.5. The number of nitrogens with zero attached hydrogens (tertiary/aromatic N) is 1. The molecule has 1 heterocycles. The smallest absolute Gasteiger partial charge is 0.314 e. The fourth-order valence-corrected chi connectivity index (χ4v) is 1.25. The zero-order valence-corrected chi connectivity index (χ0v) is 8.57. The zero-order chi connectivity index (χ0) is 10.7. The Morgan fingerprint density at radius 1 is 1.64 bits per heavy atom. The van der Waals surface area contributed by atoms with Crippen LogP contribution >= 0.6 is 0 Å². The number of carbonyl (C=O) groups excluding carboxylic acids is 1. The molecule has 0 fully saturated rings. The van der Waals surface area contributed by atoms with Gasteiger partial charge in [-0.3, -0.25) is 9.78 Å². The van der Waals surface area contributed by atoms with E-state index in [1.54, 1.807) is 19.2 Å². The van der Waals surface area contributed by atoms with Gasteiger partial charge in [-0.2, -0.15) is 0 Å². The van der Waals surface area contributed by atoms with Gasteiger partial charge in [0, 0.05) is 6.20 Å². The number of rotatable bonds is 2. The first-order valence-electron chi connectivity index (χ1n) is 4.36. The minimum absolute atomic E-state index is 0.326. The Hall–Kier alpha value is -1.58. The summed E-state index contributed by atoms with van der Waals surface area (Å²) in [5.41, 5.74) is 7.82. The third-order valence-electron chi connectivity index (χ3n) is 2.05. The highest BCUT2D eigenvalue weighted by Crippen LogP contribution is 2.21. The summed E-state index contributed by atoms with van der Waals surface area (Å²) < 4.78 is 4.62.